The molecular formula is C16H12F3NO. The van der Waals surface area contributed by atoms with Crippen LogP contribution >= 0.6 is 0 Å². The van der Waals surface area contributed by atoms with Crippen molar-refractivity contribution in [3.8, 4) is 0 Å². The molecule has 0 aliphatic rings. The van der Waals surface area contributed by atoms with Crippen molar-refractivity contribution in [1.82, 2.24) is 0 Å². The smallest absolute Gasteiger partial charge is 0.294 e. The standard InChI is InChI=1S/C16H12F3NO/c17-16(18,19)15(20-13-9-5-2-6-10-13)11-14(21)12-7-3-1-4-8-12/h1-10H,11H2. The fraction of sp³-hybridized carbons (Fsp3) is 0.125. The van der Waals surface area contributed by atoms with Gasteiger partial charge in [-0.1, -0.05) is 48.5 Å². The van der Waals surface area contributed by atoms with Crippen molar-refractivity contribution in [1.29, 1.82) is 0 Å². The molecule has 2 aromatic rings. The van der Waals surface area contributed by atoms with Gasteiger partial charge in [-0.2, -0.15) is 13.2 Å². The molecule has 2 aromatic carbocycles. The van der Waals surface area contributed by atoms with E-state index in [0.717, 1.165) is 0 Å². The zero-order valence-electron chi connectivity index (χ0n) is 11.0. The number of halogens is 3. The van der Waals surface area contributed by atoms with Crippen molar-refractivity contribution in [2.24, 2.45) is 4.99 Å². The molecule has 0 saturated carbocycles. The first-order valence-electron chi connectivity index (χ1n) is 6.25. The second-order valence-electron chi connectivity index (χ2n) is 4.36. The van der Waals surface area contributed by atoms with Gasteiger partial charge in [0.25, 0.3) is 0 Å². The highest BCUT2D eigenvalue weighted by atomic mass is 19.4. The van der Waals surface area contributed by atoms with Crippen LogP contribution in [0.5, 0.6) is 0 Å². The van der Waals surface area contributed by atoms with Gasteiger partial charge < -0.3 is 0 Å². The number of para-hydroxylation sites is 1. The quantitative estimate of drug-likeness (QED) is 0.598. The molecule has 0 spiro atoms. The Morgan fingerprint density at radius 3 is 1.95 bits per heavy atom. The van der Waals surface area contributed by atoms with Crippen LogP contribution in [-0.2, 0) is 0 Å². The Bertz CT molecular complexity index is 634. The van der Waals surface area contributed by atoms with Crippen LogP contribution in [-0.4, -0.2) is 17.7 Å². The fourth-order valence-electron chi connectivity index (χ4n) is 1.74. The van der Waals surface area contributed by atoms with E-state index in [-0.39, 0.29) is 11.3 Å². The summed E-state index contributed by atoms with van der Waals surface area (Å²) >= 11 is 0. The maximum atomic E-state index is 13.0. The largest absolute Gasteiger partial charge is 0.429 e. The summed E-state index contributed by atoms with van der Waals surface area (Å²) < 4.78 is 39.0. The molecule has 5 heteroatoms. The van der Waals surface area contributed by atoms with Crippen molar-refractivity contribution in [2.75, 3.05) is 0 Å². The van der Waals surface area contributed by atoms with E-state index in [4.69, 9.17) is 0 Å². The Labute approximate surface area is 120 Å². The van der Waals surface area contributed by atoms with E-state index in [0.29, 0.717) is 0 Å². The first-order chi connectivity index (χ1) is 9.97. The molecule has 0 atom stereocenters. The third-order valence-electron chi connectivity index (χ3n) is 2.77. The van der Waals surface area contributed by atoms with Gasteiger partial charge in [0.15, 0.2) is 5.78 Å². The van der Waals surface area contributed by atoms with Crippen molar-refractivity contribution >= 4 is 17.2 Å². The SMILES string of the molecule is O=C(CC(=Nc1ccccc1)C(F)(F)F)c1ccccc1. The molecule has 0 heterocycles. The molecule has 0 aliphatic heterocycles. The van der Waals surface area contributed by atoms with Gasteiger partial charge in [-0.05, 0) is 12.1 Å². The van der Waals surface area contributed by atoms with Crippen LogP contribution < -0.4 is 0 Å². The van der Waals surface area contributed by atoms with Crippen LogP contribution in [0.4, 0.5) is 18.9 Å². The van der Waals surface area contributed by atoms with Crippen LogP contribution in [0.3, 0.4) is 0 Å². The summed E-state index contributed by atoms with van der Waals surface area (Å²) in [6.45, 7) is 0. The minimum Gasteiger partial charge on any atom is -0.294 e. The molecule has 0 aliphatic carbocycles. The average Bonchev–Trinajstić information content (AvgIpc) is 2.47. The first-order valence-corrected chi connectivity index (χ1v) is 6.25. The molecule has 0 radical (unpaired) electrons. The van der Waals surface area contributed by atoms with Gasteiger partial charge >= 0.3 is 6.18 Å². The summed E-state index contributed by atoms with van der Waals surface area (Å²) in [7, 11) is 0. The number of carbonyl (C=O) groups is 1. The van der Waals surface area contributed by atoms with E-state index in [9.17, 15) is 18.0 Å². The monoisotopic (exact) mass is 291 g/mol. The highest BCUT2D eigenvalue weighted by Crippen LogP contribution is 2.24. The van der Waals surface area contributed by atoms with Crippen LogP contribution in [0.2, 0.25) is 0 Å². The van der Waals surface area contributed by atoms with Crippen molar-refractivity contribution in [3.63, 3.8) is 0 Å². The second-order valence-corrected chi connectivity index (χ2v) is 4.36. The molecular weight excluding hydrogens is 279 g/mol. The van der Waals surface area contributed by atoms with E-state index >= 15 is 0 Å². The van der Waals surface area contributed by atoms with E-state index in [1.807, 2.05) is 0 Å². The molecule has 21 heavy (non-hydrogen) atoms. The van der Waals surface area contributed by atoms with Crippen LogP contribution in [0.25, 0.3) is 0 Å². The summed E-state index contributed by atoms with van der Waals surface area (Å²) in [5.41, 5.74) is -0.684. The normalized spacial score (nSPS) is 12.2. The lowest BCUT2D eigenvalue weighted by atomic mass is 10.1. The zero-order valence-corrected chi connectivity index (χ0v) is 11.0. The first kappa shape index (κ1) is 15.0. The number of alkyl halides is 3. The Balaban J connectivity index is 2.27. The van der Waals surface area contributed by atoms with E-state index in [1.165, 1.54) is 24.3 Å². The lowest BCUT2D eigenvalue weighted by molar-refractivity contribution is -0.0601. The van der Waals surface area contributed by atoms with Crippen LogP contribution in [0, 0.1) is 0 Å². The topological polar surface area (TPSA) is 29.4 Å². The average molecular weight is 291 g/mol. The van der Waals surface area contributed by atoms with Crippen molar-refractivity contribution < 1.29 is 18.0 Å². The molecule has 2 nitrogen and oxygen atoms in total. The predicted octanol–water partition coefficient (Wildman–Crippen LogP) is 4.59. The Hall–Kier alpha value is -2.43. The number of carbonyl (C=O) groups excluding carboxylic acids is 1. The fourth-order valence-corrected chi connectivity index (χ4v) is 1.74. The highest BCUT2D eigenvalue weighted by molar-refractivity contribution is 6.12. The molecule has 0 amide bonds. The molecule has 0 N–H and O–H groups in total. The van der Waals surface area contributed by atoms with Gasteiger partial charge in [0.1, 0.15) is 5.71 Å². The summed E-state index contributed by atoms with van der Waals surface area (Å²) in [4.78, 5) is 15.5. The summed E-state index contributed by atoms with van der Waals surface area (Å²) in [6, 6.07) is 15.7. The van der Waals surface area contributed by atoms with Gasteiger partial charge in [-0.3, -0.25) is 4.79 Å². The Kier molecular flexibility index (Phi) is 4.52. The molecule has 108 valence electrons. The third-order valence-corrected chi connectivity index (χ3v) is 2.77. The number of Topliss-reactive ketones (excluding diaryl/α,β-unsaturated/α-hetero) is 1. The number of nitrogens with zero attached hydrogens (tertiary/aromatic N) is 1. The minimum absolute atomic E-state index is 0.172. The molecule has 0 unspecified atom stereocenters. The van der Waals surface area contributed by atoms with E-state index < -0.39 is 24.1 Å². The number of rotatable bonds is 4. The number of aliphatic imine (C=N–C) groups is 1. The molecule has 0 bridgehead atoms. The van der Waals surface area contributed by atoms with Gasteiger partial charge in [-0.25, -0.2) is 4.99 Å². The van der Waals surface area contributed by atoms with E-state index in [1.54, 1.807) is 36.4 Å². The molecule has 0 fully saturated rings. The Morgan fingerprint density at radius 1 is 0.905 bits per heavy atom. The number of benzene rings is 2. The number of ketones is 1. The number of hydrogen-bond acceptors (Lipinski definition) is 2. The summed E-state index contributed by atoms with van der Waals surface area (Å²) in [5, 5.41) is 0. The summed E-state index contributed by atoms with van der Waals surface area (Å²) in [6.07, 6.45) is -5.41. The van der Waals surface area contributed by atoms with Crippen molar-refractivity contribution in [2.45, 2.75) is 12.6 Å². The number of hydrogen-bond donors (Lipinski definition) is 0. The van der Waals surface area contributed by atoms with Gasteiger partial charge in [0, 0.05) is 5.56 Å². The molecule has 0 aromatic heterocycles. The lowest BCUT2D eigenvalue weighted by Crippen LogP contribution is -2.25. The maximum Gasteiger partial charge on any atom is 0.429 e. The van der Waals surface area contributed by atoms with Gasteiger partial charge in [0.2, 0.25) is 0 Å². The molecule has 2 rings (SSSR count). The maximum absolute atomic E-state index is 13.0. The predicted molar refractivity (Wildman–Crippen MR) is 75.0 cm³/mol. The lowest BCUT2D eigenvalue weighted by Gasteiger charge is -2.10. The van der Waals surface area contributed by atoms with Crippen LogP contribution in [0.15, 0.2) is 65.7 Å². The minimum atomic E-state index is -4.64. The summed E-state index contributed by atoms with van der Waals surface area (Å²) in [5.74, 6) is -0.609. The molecule has 0 saturated heterocycles. The highest BCUT2D eigenvalue weighted by Gasteiger charge is 2.37. The van der Waals surface area contributed by atoms with Crippen LogP contribution in [0.1, 0.15) is 16.8 Å². The Morgan fingerprint density at radius 2 is 1.43 bits per heavy atom. The van der Waals surface area contributed by atoms with Gasteiger partial charge in [-0.15, -0.1) is 0 Å². The third kappa shape index (κ3) is 4.27. The second kappa shape index (κ2) is 6.35. The van der Waals surface area contributed by atoms with Gasteiger partial charge in [0.05, 0.1) is 12.1 Å². The van der Waals surface area contributed by atoms with Crippen molar-refractivity contribution in [3.05, 3.63) is 66.2 Å². The zero-order chi connectivity index (χ0) is 15.3. The van der Waals surface area contributed by atoms with E-state index in [2.05, 4.69) is 4.99 Å².